The third-order valence-corrected chi connectivity index (χ3v) is 6.36. The van der Waals surface area contributed by atoms with Crippen LogP contribution in [0.4, 0.5) is 8.78 Å². The molecule has 2 aliphatic rings. The van der Waals surface area contributed by atoms with Crippen LogP contribution in [0, 0.1) is 11.6 Å². The number of hydrogen-bond acceptors (Lipinski definition) is 6. The normalized spacial score (nSPS) is 19.4. The summed E-state index contributed by atoms with van der Waals surface area (Å²) in [5.74, 6) is -1.88. The molecule has 8 nitrogen and oxygen atoms in total. The zero-order valence-electron chi connectivity index (χ0n) is 17.8. The number of carbonyl (C=O) groups excluding carboxylic acids is 2. The standard InChI is InChI=1S/C24H17F2N5O3/c1-10(32)21(33)22-27-7-6-14(28-22)12-3-4-13-19(20(12)26)18-9-16(30-24(13)34)23-29-15-8-11(25)2-5-17(15)31(18)23/h2-8,10,16,18,32H,9H2,1H3,(H,30,34)/t10?,16-,18-/m1/s1. The average Bonchev–Trinajstić information content (AvgIpc) is 3.30. The lowest BCUT2D eigenvalue weighted by molar-refractivity contribution is 0.0768. The van der Waals surface area contributed by atoms with Gasteiger partial charge in [0, 0.05) is 29.0 Å². The summed E-state index contributed by atoms with van der Waals surface area (Å²) in [5, 5.41) is 12.5. The quantitative estimate of drug-likeness (QED) is 0.454. The van der Waals surface area contributed by atoms with Crippen molar-refractivity contribution >= 4 is 22.7 Å². The van der Waals surface area contributed by atoms with E-state index in [2.05, 4.69) is 20.3 Å². The van der Waals surface area contributed by atoms with Gasteiger partial charge in [-0.1, -0.05) is 0 Å². The second-order valence-corrected chi connectivity index (χ2v) is 8.44. The summed E-state index contributed by atoms with van der Waals surface area (Å²) in [6, 6.07) is 7.65. The van der Waals surface area contributed by atoms with Gasteiger partial charge in [-0.25, -0.2) is 23.7 Å². The molecular formula is C24H17F2N5O3. The zero-order valence-corrected chi connectivity index (χ0v) is 17.8. The van der Waals surface area contributed by atoms with E-state index in [0.717, 1.165) is 0 Å². The minimum Gasteiger partial charge on any atom is -0.385 e. The first-order valence-corrected chi connectivity index (χ1v) is 10.7. The Morgan fingerprint density at radius 3 is 2.76 bits per heavy atom. The van der Waals surface area contributed by atoms with Crippen LogP contribution in [0.15, 0.2) is 42.6 Å². The summed E-state index contributed by atoms with van der Waals surface area (Å²) in [7, 11) is 0. The number of nitrogens with zero attached hydrogens (tertiary/aromatic N) is 4. The highest BCUT2D eigenvalue weighted by Crippen LogP contribution is 2.46. The number of fused-ring (bicyclic) bond motifs is 9. The van der Waals surface area contributed by atoms with E-state index in [0.29, 0.717) is 23.3 Å². The van der Waals surface area contributed by atoms with Crippen molar-refractivity contribution in [2.75, 3.05) is 0 Å². The fourth-order valence-corrected chi connectivity index (χ4v) is 4.83. The van der Waals surface area contributed by atoms with Crippen molar-refractivity contribution in [1.82, 2.24) is 24.8 Å². The molecule has 4 heterocycles. The van der Waals surface area contributed by atoms with E-state index in [9.17, 15) is 19.1 Å². The second-order valence-electron chi connectivity index (χ2n) is 8.44. The Morgan fingerprint density at radius 1 is 1.18 bits per heavy atom. The molecule has 170 valence electrons. The summed E-state index contributed by atoms with van der Waals surface area (Å²) in [5.41, 5.74) is 1.69. The number of nitrogens with one attached hydrogen (secondary N) is 1. The van der Waals surface area contributed by atoms with Crippen LogP contribution in [0.25, 0.3) is 22.3 Å². The molecule has 2 aromatic carbocycles. The Morgan fingerprint density at radius 2 is 1.97 bits per heavy atom. The second kappa shape index (κ2) is 7.22. The molecule has 2 aliphatic heterocycles. The van der Waals surface area contributed by atoms with Gasteiger partial charge in [0.1, 0.15) is 23.6 Å². The molecule has 0 saturated carbocycles. The molecule has 3 atom stereocenters. The van der Waals surface area contributed by atoms with Crippen molar-refractivity contribution in [3.63, 3.8) is 0 Å². The molecule has 1 amide bonds. The average molecular weight is 461 g/mol. The molecule has 1 unspecified atom stereocenters. The SMILES string of the molecule is CC(O)C(=O)c1nccc(-c2ccc3c(c2F)[C@H]2C[C@@H](NC3=O)c3nc4cc(F)ccc4n32)n1. The number of imidazole rings is 1. The van der Waals surface area contributed by atoms with Crippen molar-refractivity contribution < 1.29 is 23.5 Å². The van der Waals surface area contributed by atoms with Gasteiger partial charge in [0.15, 0.2) is 5.82 Å². The van der Waals surface area contributed by atoms with E-state index < -0.39 is 41.5 Å². The number of benzene rings is 2. The van der Waals surface area contributed by atoms with Crippen molar-refractivity contribution in [3.05, 3.63) is 77.0 Å². The van der Waals surface area contributed by atoms with Crippen LogP contribution in [0.1, 0.15) is 57.8 Å². The molecule has 10 heteroatoms. The van der Waals surface area contributed by atoms with Crippen molar-refractivity contribution in [2.45, 2.75) is 31.5 Å². The van der Waals surface area contributed by atoms with E-state index in [4.69, 9.17) is 0 Å². The van der Waals surface area contributed by atoms with E-state index >= 15 is 4.39 Å². The molecule has 4 aromatic rings. The van der Waals surface area contributed by atoms with E-state index in [1.165, 1.54) is 43.5 Å². The minimum absolute atomic E-state index is 0.0935. The number of carbonyl (C=O) groups is 2. The topological polar surface area (TPSA) is 110 Å². The number of halogens is 2. The number of aromatic nitrogens is 4. The van der Waals surface area contributed by atoms with Gasteiger partial charge >= 0.3 is 0 Å². The van der Waals surface area contributed by atoms with Gasteiger partial charge in [-0.05, 0) is 43.7 Å². The number of Topliss-reactive ketones (excluding diaryl/α,β-unsaturated/α-hetero) is 1. The van der Waals surface area contributed by atoms with Gasteiger partial charge in [0.25, 0.3) is 5.91 Å². The van der Waals surface area contributed by atoms with Crippen LogP contribution in [-0.2, 0) is 0 Å². The number of aliphatic hydroxyl groups excluding tert-OH is 1. The highest BCUT2D eigenvalue weighted by Gasteiger charge is 2.42. The summed E-state index contributed by atoms with van der Waals surface area (Å²) in [6.45, 7) is 1.30. The Kier molecular flexibility index (Phi) is 4.37. The fraction of sp³-hybridized carbons (Fsp3) is 0.208. The number of aliphatic hydroxyl groups is 1. The van der Waals surface area contributed by atoms with Crippen molar-refractivity contribution in [3.8, 4) is 11.3 Å². The molecule has 0 spiro atoms. The van der Waals surface area contributed by atoms with Crippen LogP contribution in [0.2, 0.25) is 0 Å². The molecule has 0 aliphatic carbocycles. The predicted octanol–water partition coefficient (Wildman–Crippen LogP) is 3.11. The Labute approximate surface area is 191 Å². The van der Waals surface area contributed by atoms with Crippen molar-refractivity contribution in [1.29, 1.82) is 0 Å². The number of hydrogen-bond donors (Lipinski definition) is 2. The molecule has 34 heavy (non-hydrogen) atoms. The molecule has 6 rings (SSSR count). The van der Waals surface area contributed by atoms with E-state index in [1.54, 1.807) is 6.07 Å². The molecule has 2 bridgehead atoms. The molecular weight excluding hydrogens is 444 g/mol. The summed E-state index contributed by atoms with van der Waals surface area (Å²) in [6.07, 6.45) is 0.408. The Hall–Kier alpha value is -4.05. The molecule has 2 N–H and O–H groups in total. The number of amides is 1. The van der Waals surface area contributed by atoms with Gasteiger partial charge in [-0.15, -0.1) is 0 Å². The summed E-state index contributed by atoms with van der Waals surface area (Å²) in [4.78, 5) is 37.6. The molecule has 0 saturated heterocycles. The van der Waals surface area contributed by atoms with Gasteiger partial charge in [0.2, 0.25) is 5.78 Å². The van der Waals surface area contributed by atoms with Crippen LogP contribution in [-0.4, -0.2) is 42.4 Å². The first-order valence-electron chi connectivity index (χ1n) is 10.7. The number of rotatable bonds is 3. The fourth-order valence-electron chi connectivity index (χ4n) is 4.83. The Balaban J connectivity index is 1.55. The molecule has 0 fully saturated rings. The first kappa shape index (κ1) is 20.5. The zero-order chi connectivity index (χ0) is 23.7. The molecule has 2 aromatic heterocycles. The van der Waals surface area contributed by atoms with Crippen LogP contribution < -0.4 is 5.32 Å². The summed E-state index contributed by atoms with van der Waals surface area (Å²) < 4.78 is 31.8. The van der Waals surface area contributed by atoms with Crippen molar-refractivity contribution in [2.24, 2.45) is 0 Å². The van der Waals surface area contributed by atoms with Crippen LogP contribution >= 0.6 is 0 Å². The van der Waals surface area contributed by atoms with Crippen LogP contribution in [0.5, 0.6) is 0 Å². The maximum absolute atomic E-state index is 16.1. The lowest BCUT2D eigenvalue weighted by Gasteiger charge is -2.20. The van der Waals surface area contributed by atoms with E-state index in [1.807, 2.05) is 4.57 Å². The smallest absolute Gasteiger partial charge is 0.252 e. The maximum Gasteiger partial charge on any atom is 0.252 e. The van der Waals surface area contributed by atoms with Gasteiger partial charge in [0.05, 0.1) is 28.8 Å². The van der Waals surface area contributed by atoms with Gasteiger partial charge in [-0.2, -0.15) is 0 Å². The minimum atomic E-state index is -1.30. The van der Waals surface area contributed by atoms with E-state index in [-0.39, 0.29) is 28.2 Å². The van der Waals surface area contributed by atoms with Gasteiger partial charge < -0.3 is 15.0 Å². The first-order chi connectivity index (χ1) is 16.3. The molecule has 0 radical (unpaired) electrons. The summed E-state index contributed by atoms with van der Waals surface area (Å²) >= 11 is 0. The van der Waals surface area contributed by atoms with Crippen LogP contribution in [0.3, 0.4) is 0 Å². The monoisotopic (exact) mass is 461 g/mol. The lowest BCUT2D eigenvalue weighted by Crippen LogP contribution is -2.28. The number of ketones is 1. The van der Waals surface area contributed by atoms with Gasteiger partial charge in [-0.3, -0.25) is 9.59 Å². The highest BCUT2D eigenvalue weighted by atomic mass is 19.1. The Bertz CT molecular complexity index is 1530. The maximum atomic E-state index is 16.1. The highest BCUT2D eigenvalue weighted by molar-refractivity contribution is 5.98. The predicted molar refractivity (Wildman–Crippen MR) is 116 cm³/mol. The third kappa shape index (κ3) is 2.88. The third-order valence-electron chi connectivity index (χ3n) is 6.36. The largest absolute Gasteiger partial charge is 0.385 e. The lowest BCUT2D eigenvalue weighted by atomic mass is 9.94.